The van der Waals surface area contributed by atoms with Gasteiger partial charge in [0.2, 0.25) is 5.91 Å². The van der Waals surface area contributed by atoms with Crippen LogP contribution in [0.1, 0.15) is 13.8 Å². The minimum absolute atomic E-state index is 0.851. The quantitative estimate of drug-likeness (QED) is 0.742. The van der Waals surface area contributed by atoms with Crippen molar-refractivity contribution in [2.45, 2.75) is 26.2 Å². The first-order chi connectivity index (χ1) is 8.01. The molecule has 1 amide bonds. The largest absolute Gasteiger partial charge is 0.481 e. The Labute approximate surface area is 100 Å². The van der Waals surface area contributed by atoms with E-state index in [0.717, 1.165) is 0 Å². The van der Waals surface area contributed by atoms with Crippen LogP contribution in [-0.4, -0.2) is 35.9 Å². The maximum atomic E-state index is 12.6. The maximum absolute atomic E-state index is 12.6. The summed E-state index contributed by atoms with van der Waals surface area (Å²) in [6.45, 7) is 1.50. The summed E-state index contributed by atoms with van der Waals surface area (Å²) in [5, 5.41) is 10.5. The van der Waals surface area contributed by atoms with E-state index in [0.29, 0.717) is 0 Å². The normalized spacial score (nSPS) is 25.9. The minimum Gasteiger partial charge on any atom is -0.481 e. The third kappa shape index (κ3) is 2.56. The average molecular weight is 271 g/mol. The molecular weight excluding hydrogens is 258 g/mol. The molecule has 1 saturated carbocycles. The summed E-state index contributed by atoms with van der Waals surface area (Å²) < 4.78 is 48.8. The minimum atomic E-state index is -4.31. The van der Waals surface area contributed by atoms with Crippen LogP contribution in [0.3, 0.4) is 0 Å². The smallest absolute Gasteiger partial charge is 0.324 e. The van der Waals surface area contributed by atoms with E-state index in [4.69, 9.17) is 5.11 Å². The molecule has 0 aromatic heterocycles. The van der Waals surface area contributed by atoms with Crippen molar-refractivity contribution in [2.75, 3.05) is 6.54 Å². The number of hydrogen-bond donors (Lipinski definition) is 2. The molecule has 0 bridgehead atoms. The molecule has 0 spiro atoms. The first kappa shape index (κ1) is 14.7. The number of nitrogens with one attached hydrogen (secondary N) is 1. The zero-order chi connectivity index (χ0) is 14.3. The van der Waals surface area contributed by atoms with Gasteiger partial charge in [-0.1, -0.05) is 13.8 Å². The van der Waals surface area contributed by atoms with Gasteiger partial charge in [0.1, 0.15) is 0 Å². The molecule has 2 N–H and O–H groups in total. The fourth-order valence-electron chi connectivity index (χ4n) is 1.98. The molecule has 1 fully saturated rings. The Bertz CT molecular complexity index is 370. The molecule has 4 nitrogen and oxygen atoms in total. The van der Waals surface area contributed by atoms with Gasteiger partial charge in [0, 0.05) is 0 Å². The molecule has 2 atom stereocenters. The molecule has 0 aromatic carbocycles. The van der Waals surface area contributed by atoms with Crippen LogP contribution < -0.4 is 5.32 Å². The van der Waals surface area contributed by atoms with Crippen LogP contribution in [0.25, 0.3) is 0 Å². The Hall–Kier alpha value is -1.34. The Morgan fingerprint density at radius 1 is 1.33 bits per heavy atom. The number of amides is 1. The molecule has 0 saturated heterocycles. The average Bonchev–Trinajstić information content (AvgIpc) is 2.78. The summed E-state index contributed by atoms with van der Waals surface area (Å²) in [6.07, 6.45) is -3.87. The van der Waals surface area contributed by atoms with Gasteiger partial charge in [0.15, 0.2) is 0 Å². The van der Waals surface area contributed by atoms with E-state index in [9.17, 15) is 27.2 Å². The van der Waals surface area contributed by atoms with Crippen molar-refractivity contribution < 1.29 is 32.3 Å². The number of carbonyl (C=O) groups excluding carboxylic acids is 1. The highest BCUT2D eigenvalue weighted by Gasteiger charge is 2.66. The summed E-state index contributed by atoms with van der Waals surface area (Å²) in [5.41, 5.74) is -0.851. The molecule has 8 heteroatoms. The second kappa shape index (κ2) is 4.40. The molecule has 0 heterocycles. The molecule has 1 aliphatic rings. The Kier molecular flexibility index (Phi) is 3.60. The van der Waals surface area contributed by atoms with Gasteiger partial charge in [-0.15, -0.1) is 0 Å². The van der Waals surface area contributed by atoms with Crippen molar-refractivity contribution in [2.24, 2.45) is 17.3 Å². The summed E-state index contributed by atoms with van der Waals surface area (Å²) in [4.78, 5) is 22.2. The highest BCUT2D eigenvalue weighted by molar-refractivity contribution is 5.91. The molecule has 1 aliphatic carbocycles. The third-order valence-corrected chi connectivity index (χ3v) is 3.19. The number of hydrogen-bond acceptors (Lipinski definition) is 2. The molecular formula is C10H13F4NO3. The summed E-state index contributed by atoms with van der Waals surface area (Å²) >= 11 is 0. The number of carboxylic acids is 1. The van der Waals surface area contributed by atoms with E-state index in [1.807, 2.05) is 0 Å². The van der Waals surface area contributed by atoms with Crippen molar-refractivity contribution >= 4 is 11.9 Å². The number of alkyl halides is 4. The lowest BCUT2D eigenvalue weighted by Crippen LogP contribution is -2.42. The maximum Gasteiger partial charge on any atom is 0.324 e. The van der Waals surface area contributed by atoms with Gasteiger partial charge in [-0.2, -0.15) is 8.78 Å². The first-order valence-electron chi connectivity index (χ1n) is 5.18. The van der Waals surface area contributed by atoms with Crippen LogP contribution >= 0.6 is 0 Å². The molecule has 18 heavy (non-hydrogen) atoms. The SMILES string of the molecule is CC1(C)C(C(=O)O)C1C(=O)NCC(F)(F)C(F)F. The van der Waals surface area contributed by atoms with E-state index in [2.05, 4.69) is 0 Å². The molecule has 0 aromatic rings. The van der Waals surface area contributed by atoms with Gasteiger partial charge in [-0.25, -0.2) is 8.78 Å². The summed E-state index contributed by atoms with van der Waals surface area (Å²) in [6, 6.07) is 0. The number of rotatable bonds is 5. The molecule has 104 valence electrons. The van der Waals surface area contributed by atoms with Gasteiger partial charge < -0.3 is 10.4 Å². The molecule has 0 aliphatic heterocycles. The zero-order valence-electron chi connectivity index (χ0n) is 9.71. The zero-order valence-corrected chi connectivity index (χ0v) is 9.71. The van der Waals surface area contributed by atoms with E-state index in [1.165, 1.54) is 13.8 Å². The van der Waals surface area contributed by atoms with Crippen molar-refractivity contribution in [1.29, 1.82) is 0 Å². The van der Waals surface area contributed by atoms with Crippen LogP contribution in [0, 0.1) is 17.3 Å². The number of carbonyl (C=O) groups is 2. The number of aliphatic carboxylic acids is 1. The van der Waals surface area contributed by atoms with Crippen LogP contribution in [0.15, 0.2) is 0 Å². The topological polar surface area (TPSA) is 66.4 Å². The molecule has 1 rings (SSSR count). The lowest BCUT2D eigenvalue weighted by molar-refractivity contribution is -0.142. The van der Waals surface area contributed by atoms with E-state index in [1.54, 1.807) is 5.32 Å². The first-order valence-corrected chi connectivity index (χ1v) is 5.18. The second-order valence-corrected chi connectivity index (χ2v) is 4.89. The van der Waals surface area contributed by atoms with E-state index >= 15 is 0 Å². The predicted octanol–water partition coefficient (Wildman–Crippen LogP) is 1.36. The summed E-state index contributed by atoms with van der Waals surface area (Å²) in [7, 11) is 0. The molecule has 0 radical (unpaired) electrons. The van der Waals surface area contributed by atoms with Crippen molar-refractivity contribution in [3.63, 3.8) is 0 Å². The lowest BCUT2D eigenvalue weighted by atomic mass is 10.1. The highest BCUT2D eigenvalue weighted by Crippen LogP contribution is 2.58. The predicted molar refractivity (Wildman–Crippen MR) is 52.4 cm³/mol. The number of halogens is 4. The van der Waals surface area contributed by atoms with E-state index in [-0.39, 0.29) is 0 Å². The second-order valence-electron chi connectivity index (χ2n) is 4.89. The number of carboxylic acid groups (broad SMARTS) is 1. The van der Waals surface area contributed by atoms with E-state index < -0.39 is 48.0 Å². The van der Waals surface area contributed by atoms with Gasteiger partial charge in [0.05, 0.1) is 18.4 Å². The van der Waals surface area contributed by atoms with Gasteiger partial charge in [-0.3, -0.25) is 9.59 Å². The van der Waals surface area contributed by atoms with Crippen molar-refractivity contribution in [3.8, 4) is 0 Å². The third-order valence-electron chi connectivity index (χ3n) is 3.19. The Morgan fingerprint density at radius 2 is 1.83 bits per heavy atom. The van der Waals surface area contributed by atoms with Gasteiger partial charge in [-0.05, 0) is 5.41 Å². The highest BCUT2D eigenvalue weighted by atomic mass is 19.3. The fraction of sp³-hybridized carbons (Fsp3) is 0.800. The Morgan fingerprint density at radius 3 is 2.17 bits per heavy atom. The monoisotopic (exact) mass is 271 g/mol. The Balaban J connectivity index is 2.57. The standard InChI is InChI=1S/C10H13F4NO3/c1-9(2)4(5(9)7(17)18)6(16)15-3-10(13,14)8(11)12/h4-5,8H,3H2,1-2H3,(H,15,16)(H,17,18). The van der Waals surface area contributed by atoms with Crippen LogP contribution in [0.5, 0.6) is 0 Å². The summed E-state index contributed by atoms with van der Waals surface area (Å²) in [5.74, 6) is -8.40. The molecule has 2 unspecified atom stereocenters. The lowest BCUT2D eigenvalue weighted by Gasteiger charge is -2.15. The van der Waals surface area contributed by atoms with Gasteiger partial charge >= 0.3 is 18.3 Å². The van der Waals surface area contributed by atoms with Gasteiger partial charge in [0.25, 0.3) is 0 Å². The van der Waals surface area contributed by atoms with Crippen LogP contribution in [0.2, 0.25) is 0 Å². The van der Waals surface area contributed by atoms with Crippen molar-refractivity contribution in [1.82, 2.24) is 5.32 Å². The van der Waals surface area contributed by atoms with Crippen molar-refractivity contribution in [3.05, 3.63) is 0 Å². The van der Waals surface area contributed by atoms with Crippen LogP contribution in [-0.2, 0) is 9.59 Å². The van der Waals surface area contributed by atoms with Crippen LogP contribution in [0.4, 0.5) is 17.6 Å². The fourth-order valence-corrected chi connectivity index (χ4v) is 1.98.